The first-order valence-corrected chi connectivity index (χ1v) is 17.5. The van der Waals surface area contributed by atoms with Gasteiger partial charge >= 0.3 is 0 Å². The van der Waals surface area contributed by atoms with Gasteiger partial charge < -0.3 is 8.97 Å². The number of nitrogens with zero attached hydrogens (tertiary/aromatic N) is 5. The van der Waals surface area contributed by atoms with Crippen LogP contribution < -0.4 is 0 Å². The molecule has 10 aromatic rings. The Bertz CT molecular complexity index is 2820. The number of pyridine rings is 1. The summed E-state index contributed by atoms with van der Waals surface area (Å²) >= 11 is 0. The minimum absolute atomic E-state index is 0.625. The fourth-order valence-corrected chi connectivity index (χ4v) is 7.40. The Morgan fingerprint density at radius 1 is 0.365 bits per heavy atom. The van der Waals surface area contributed by atoms with E-state index in [0.29, 0.717) is 17.5 Å². The molecule has 10 rings (SSSR count). The molecule has 0 aliphatic heterocycles. The van der Waals surface area contributed by atoms with Crippen LogP contribution in [0.1, 0.15) is 0 Å². The van der Waals surface area contributed by atoms with Crippen LogP contribution in [0, 0.1) is 0 Å². The highest BCUT2D eigenvalue weighted by atomic mass is 15.0. The van der Waals surface area contributed by atoms with Crippen LogP contribution in [0.25, 0.3) is 89.6 Å². The van der Waals surface area contributed by atoms with Gasteiger partial charge in [-0.05, 0) is 53.1 Å². The van der Waals surface area contributed by atoms with Crippen molar-refractivity contribution >= 4 is 27.3 Å². The number of aromatic nitrogens is 5. The van der Waals surface area contributed by atoms with E-state index in [1.165, 1.54) is 33.2 Å². The largest absolute Gasteiger partial charge is 0.314 e. The zero-order valence-corrected chi connectivity index (χ0v) is 28.1. The Labute approximate surface area is 300 Å². The van der Waals surface area contributed by atoms with Gasteiger partial charge in [0.15, 0.2) is 17.5 Å². The van der Waals surface area contributed by atoms with E-state index in [4.69, 9.17) is 15.0 Å². The summed E-state index contributed by atoms with van der Waals surface area (Å²) in [6.07, 6.45) is 2.17. The Morgan fingerprint density at radius 3 is 1.54 bits per heavy atom. The maximum Gasteiger partial charge on any atom is 0.164 e. The van der Waals surface area contributed by atoms with Gasteiger partial charge in [-0.25, -0.2) is 15.0 Å². The summed E-state index contributed by atoms with van der Waals surface area (Å²) in [4.78, 5) is 15.0. The first-order chi connectivity index (χ1) is 25.8. The van der Waals surface area contributed by atoms with Crippen LogP contribution in [0.3, 0.4) is 0 Å². The molecule has 4 heterocycles. The Balaban J connectivity index is 1.25. The molecule has 6 aromatic carbocycles. The van der Waals surface area contributed by atoms with E-state index < -0.39 is 0 Å². The SMILES string of the molecule is c1ccc(-c2ccc3c(c2)c2c(-c4ccccc4)n4ccccc4c2n3-c2cccc(-c3nc(-c4ccccc4)nc(-c4ccccc4)n3)c2)cc1. The molecular formula is C47H31N5. The van der Waals surface area contributed by atoms with Crippen molar-refractivity contribution in [2.75, 3.05) is 0 Å². The van der Waals surface area contributed by atoms with Crippen LogP contribution in [0.15, 0.2) is 188 Å². The number of benzene rings is 6. The van der Waals surface area contributed by atoms with Crippen LogP contribution in [0.5, 0.6) is 0 Å². The minimum Gasteiger partial charge on any atom is -0.314 e. The Morgan fingerprint density at radius 2 is 0.904 bits per heavy atom. The first kappa shape index (κ1) is 29.8. The fourth-order valence-electron chi connectivity index (χ4n) is 7.40. The smallest absolute Gasteiger partial charge is 0.164 e. The molecule has 0 saturated carbocycles. The molecule has 0 bridgehead atoms. The lowest BCUT2D eigenvalue weighted by atomic mass is 10.0. The molecule has 0 saturated heterocycles. The highest BCUT2D eigenvalue weighted by Crippen LogP contribution is 2.44. The number of rotatable bonds is 6. The molecule has 4 aromatic heterocycles. The molecule has 0 unspecified atom stereocenters. The van der Waals surface area contributed by atoms with Gasteiger partial charge in [-0.2, -0.15) is 0 Å². The van der Waals surface area contributed by atoms with Gasteiger partial charge in [-0.3, -0.25) is 0 Å². The quantitative estimate of drug-likeness (QED) is 0.178. The van der Waals surface area contributed by atoms with Crippen LogP contribution in [-0.2, 0) is 0 Å². The van der Waals surface area contributed by atoms with Gasteiger partial charge in [0.25, 0.3) is 0 Å². The van der Waals surface area contributed by atoms with Crippen molar-refractivity contribution in [3.63, 3.8) is 0 Å². The standard InChI is InChI=1S/C47H31N5/c1-5-16-32(17-6-1)36-27-28-40-39(31-36)42-43(33-18-7-2-8-19-33)51-29-14-13-26-41(51)44(42)52(40)38-25-15-24-37(30-38)47-49-45(34-20-9-3-10-21-34)48-46(50-47)35-22-11-4-12-23-35/h1-31H. The van der Waals surface area contributed by atoms with Crippen molar-refractivity contribution in [1.82, 2.24) is 23.9 Å². The van der Waals surface area contributed by atoms with Crippen LogP contribution in [-0.4, -0.2) is 23.9 Å². The molecular weight excluding hydrogens is 635 g/mol. The molecule has 0 N–H and O–H groups in total. The molecule has 0 fully saturated rings. The van der Waals surface area contributed by atoms with Crippen molar-refractivity contribution in [3.05, 3.63) is 188 Å². The molecule has 0 aliphatic carbocycles. The molecule has 0 atom stereocenters. The average Bonchev–Trinajstić information content (AvgIpc) is 3.74. The topological polar surface area (TPSA) is 48.0 Å². The summed E-state index contributed by atoms with van der Waals surface area (Å²) < 4.78 is 4.74. The molecule has 5 nitrogen and oxygen atoms in total. The second-order valence-corrected chi connectivity index (χ2v) is 12.9. The highest BCUT2D eigenvalue weighted by molar-refractivity contribution is 6.21. The van der Waals surface area contributed by atoms with E-state index in [0.717, 1.165) is 38.9 Å². The third-order valence-electron chi connectivity index (χ3n) is 9.76. The van der Waals surface area contributed by atoms with E-state index >= 15 is 0 Å². The number of fused-ring (bicyclic) bond motifs is 5. The van der Waals surface area contributed by atoms with Crippen molar-refractivity contribution in [2.45, 2.75) is 0 Å². The van der Waals surface area contributed by atoms with Crippen molar-refractivity contribution in [1.29, 1.82) is 0 Å². The van der Waals surface area contributed by atoms with Gasteiger partial charge in [0.1, 0.15) is 0 Å². The van der Waals surface area contributed by atoms with Crippen molar-refractivity contribution in [2.24, 2.45) is 0 Å². The zero-order chi connectivity index (χ0) is 34.4. The summed E-state index contributed by atoms with van der Waals surface area (Å²) in [7, 11) is 0. The summed E-state index contributed by atoms with van der Waals surface area (Å²) in [5, 5.41) is 2.41. The van der Waals surface area contributed by atoms with Crippen LogP contribution in [0.2, 0.25) is 0 Å². The molecule has 0 aliphatic rings. The fraction of sp³-hybridized carbons (Fsp3) is 0. The normalized spacial score (nSPS) is 11.5. The average molecular weight is 666 g/mol. The van der Waals surface area contributed by atoms with Crippen LogP contribution in [0.4, 0.5) is 0 Å². The van der Waals surface area contributed by atoms with Crippen molar-refractivity contribution in [3.8, 4) is 62.2 Å². The monoisotopic (exact) mass is 665 g/mol. The lowest BCUT2D eigenvalue weighted by molar-refractivity contribution is 1.07. The Kier molecular flexibility index (Phi) is 7.07. The predicted octanol–water partition coefficient (Wildman–Crippen LogP) is 11.6. The third-order valence-corrected chi connectivity index (χ3v) is 9.76. The van der Waals surface area contributed by atoms with E-state index in [1.807, 2.05) is 60.7 Å². The van der Waals surface area contributed by atoms with Crippen LogP contribution >= 0.6 is 0 Å². The predicted molar refractivity (Wildman–Crippen MR) is 212 cm³/mol. The third kappa shape index (κ3) is 4.98. The van der Waals surface area contributed by atoms with Gasteiger partial charge in [0, 0.05) is 39.3 Å². The van der Waals surface area contributed by atoms with Gasteiger partial charge in [-0.15, -0.1) is 0 Å². The second kappa shape index (κ2) is 12.3. The highest BCUT2D eigenvalue weighted by Gasteiger charge is 2.23. The molecule has 0 amide bonds. The van der Waals surface area contributed by atoms with E-state index in [2.05, 4.69) is 136 Å². The summed E-state index contributed by atoms with van der Waals surface area (Å²) in [5.41, 5.74) is 12.0. The van der Waals surface area contributed by atoms with E-state index in [9.17, 15) is 0 Å². The lowest BCUT2D eigenvalue weighted by Crippen LogP contribution is -2.01. The van der Waals surface area contributed by atoms with Crippen molar-refractivity contribution < 1.29 is 0 Å². The zero-order valence-electron chi connectivity index (χ0n) is 28.1. The minimum atomic E-state index is 0.625. The first-order valence-electron chi connectivity index (χ1n) is 17.5. The summed E-state index contributed by atoms with van der Waals surface area (Å²) in [6.45, 7) is 0. The number of hydrogen-bond acceptors (Lipinski definition) is 3. The molecule has 52 heavy (non-hydrogen) atoms. The molecule has 5 heteroatoms. The van der Waals surface area contributed by atoms with E-state index in [-0.39, 0.29) is 0 Å². The Hall–Kier alpha value is -7.11. The summed E-state index contributed by atoms with van der Waals surface area (Å²) in [5.74, 6) is 1.91. The lowest BCUT2D eigenvalue weighted by Gasteiger charge is -2.12. The second-order valence-electron chi connectivity index (χ2n) is 12.9. The number of hydrogen-bond donors (Lipinski definition) is 0. The van der Waals surface area contributed by atoms with E-state index in [1.54, 1.807) is 0 Å². The van der Waals surface area contributed by atoms with Gasteiger partial charge in [-0.1, -0.05) is 146 Å². The van der Waals surface area contributed by atoms with Gasteiger partial charge in [0.05, 0.1) is 22.2 Å². The van der Waals surface area contributed by atoms with Gasteiger partial charge in [0.2, 0.25) is 0 Å². The molecule has 244 valence electrons. The molecule has 0 spiro atoms. The maximum absolute atomic E-state index is 5.05. The summed E-state index contributed by atoms with van der Waals surface area (Å²) in [6, 6.07) is 63.4. The molecule has 0 radical (unpaired) electrons. The maximum atomic E-state index is 5.05.